The maximum Gasteiger partial charge on any atom is 0.417 e. The Hall–Kier alpha value is -2.49. The highest BCUT2D eigenvalue weighted by Gasteiger charge is 2.32. The third-order valence-corrected chi connectivity index (χ3v) is 4.12. The van der Waals surface area contributed by atoms with E-state index in [1.165, 1.54) is 11.1 Å². The number of rotatable bonds is 2. The third kappa shape index (κ3) is 3.63. The van der Waals surface area contributed by atoms with Crippen LogP contribution in [-0.4, -0.2) is 51.9 Å². The second-order valence-electron chi connectivity index (χ2n) is 5.46. The van der Waals surface area contributed by atoms with Gasteiger partial charge in [0.15, 0.2) is 0 Å². The monoisotopic (exact) mass is 375 g/mol. The molecule has 0 atom stereocenters. The van der Waals surface area contributed by atoms with E-state index >= 15 is 0 Å². The van der Waals surface area contributed by atoms with Crippen LogP contribution in [0.2, 0.25) is 5.02 Å². The van der Waals surface area contributed by atoms with Gasteiger partial charge in [0.25, 0.3) is 5.91 Å². The quantitative estimate of drug-likeness (QED) is 0.837. The van der Waals surface area contributed by atoms with E-state index in [-0.39, 0.29) is 22.4 Å². The van der Waals surface area contributed by atoms with E-state index in [1.807, 2.05) is 0 Å². The smallest absolute Gasteiger partial charge is 0.352 e. The molecule has 3 heterocycles. The molecule has 134 valence electrons. The van der Waals surface area contributed by atoms with Crippen LogP contribution < -0.4 is 10.6 Å². The molecule has 1 aliphatic rings. The zero-order chi connectivity index (χ0) is 18.2. The Bertz CT molecular complexity index is 839. The van der Waals surface area contributed by atoms with Crippen molar-refractivity contribution in [3.05, 3.63) is 45.2 Å². The molecule has 11 heteroatoms. The molecule has 7 nitrogen and oxygen atoms in total. The highest BCUT2D eigenvalue weighted by Crippen LogP contribution is 2.33. The van der Waals surface area contributed by atoms with E-state index in [4.69, 9.17) is 11.6 Å². The minimum atomic E-state index is -4.51. The third-order valence-electron chi connectivity index (χ3n) is 3.84. The Kier molecular flexibility index (Phi) is 4.46. The van der Waals surface area contributed by atoms with Crippen LogP contribution in [0.15, 0.2) is 23.3 Å². The number of anilines is 1. The first-order chi connectivity index (χ1) is 11.8. The summed E-state index contributed by atoms with van der Waals surface area (Å²) in [5.74, 6) is -0.0821. The predicted molar refractivity (Wildman–Crippen MR) is 83.8 cm³/mol. The predicted octanol–water partition coefficient (Wildman–Crippen LogP) is 1.73. The zero-order valence-electron chi connectivity index (χ0n) is 12.7. The number of carbonyl (C=O) groups is 1. The molecular weight excluding hydrogens is 363 g/mol. The summed E-state index contributed by atoms with van der Waals surface area (Å²) in [5, 5.41) is -0.0930. The SMILES string of the molecule is O=C(c1c[nH]c(=O)[nH]1)N1CCN(c2ncc(C(F)(F)F)cc2Cl)CC1. The average molecular weight is 376 g/mol. The van der Waals surface area contributed by atoms with Gasteiger partial charge in [0.2, 0.25) is 0 Å². The number of nitrogens with one attached hydrogen (secondary N) is 2. The number of hydrogen-bond donors (Lipinski definition) is 2. The fraction of sp³-hybridized carbons (Fsp3) is 0.357. The summed E-state index contributed by atoms with van der Waals surface area (Å²) >= 11 is 5.94. The van der Waals surface area contributed by atoms with E-state index in [2.05, 4.69) is 15.0 Å². The Balaban J connectivity index is 1.68. The van der Waals surface area contributed by atoms with Crippen molar-refractivity contribution >= 4 is 23.3 Å². The van der Waals surface area contributed by atoms with Gasteiger partial charge < -0.3 is 19.8 Å². The van der Waals surface area contributed by atoms with Gasteiger partial charge >= 0.3 is 11.9 Å². The molecule has 2 N–H and O–H groups in total. The molecule has 25 heavy (non-hydrogen) atoms. The number of amides is 1. The molecule has 1 aliphatic heterocycles. The summed E-state index contributed by atoms with van der Waals surface area (Å²) in [6.07, 6.45) is -2.47. The van der Waals surface area contributed by atoms with Crippen LogP contribution >= 0.6 is 11.6 Å². The van der Waals surface area contributed by atoms with Crippen LogP contribution in [-0.2, 0) is 6.18 Å². The van der Waals surface area contributed by atoms with Crippen LogP contribution in [0, 0.1) is 0 Å². The van der Waals surface area contributed by atoms with Crippen LogP contribution in [0.25, 0.3) is 0 Å². The largest absolute Gasteiger partial charge is 0.417 e. The fourth-order valence-electron chi connectivity index (χ4n) is 2.56. The summed E-state index contributed by atoms with van der Waals surface area (Å²) in [4.78, 5) is 35.1. The molecule has 2 aromatic rings. The van der Waals surface area contributed by atoms with Crippen molar-refractivity contribution < 1.29 is 18.0 Å². The van der Waals surface area contributed by atoms with E-state index in [9.17, 15) is 22.8 Å². The molecule has 0 bridgehead atoms. The van der Waals surface area contributed by atoms with Crippen LogP contribution in [0.4, 0.5) is 19.0 Å². The van der Waals surface area contributed by atoms with Crippen molar-refractivity contribution in [2.45, 2.75) is 6.18 Å². The van der Waals surface area contributed by atoms with Gasteiger partial charge in [-0.05, 0) is 6.07 Å². The molecular formula is C14H13ClF3N5O2. The molecule has 0 saturated carbocycles. The second kappa shape index (κ2) is 6.43. The molecule has 0 unspecified atom stereocenters. The molecule has 1 amide bonds. The number of aromatic amines is 2. The molecule has 2 aromatic heterocycles. The molecule has 0 radical (unpaired) electrons. The van der Waals surface area contributed by atoms with Gasteiger partial charge in [-0.3, -0.25) is 4.79 Å². The van der Waals surface area contributed by atoms with Crippen molar-refractivity contribution in [2.75, 3.05) is 31.1 Å². The topological polar surface area (TPSA) is 85.1 Å². The van der Waals surface area contributed by atoms with Crippen molar-refractivity contribution in [1.29, 1.82) is 0 Å². The first kappa shape index (κ1) is 17.3. The maximum absolute atomic E-state index is 12.7. The van der Waals surface area contributed by atoms with E-state index in [0.29, 0.717) is 26.2 Å². The first-order valence-corrected chi connectivity index (χ1v) is 7.68. The Morgan fingerprint density at radius 3 is 2.44 bits per heavy atom. The standard InChI is InChI=1S/C14H13ClF3N5O2/c15-9-5-8(14(16,17)18)6-19-11(9)22-1-3-23(4-2-22)12(24)10-7-20-13(25)21-10/h5-7H,1-4H2,(H2,20,21,25). The second-order valence-corrected chi connectivity index (χ2v) is 5.87. The average Bonchev–Trinajstić information content (AvgIpc) is 3.00. The van der Waals surface area contributed by atoms with E-state index < -0.39 is 17.4 Å². The van der Waals surface area contributed by atoms with Gasteiger partial charge in [0, 0.05) is 38.6 Å². The van der Waals surface area contributed by atoms with Gasteiger partial charge in [-0.2, -0.15) is 13.2 Å². The Morgan fingerprint density at radius 2 is 1.92 bits per heavy atom. The molecule has 1 fully saturated rings. The van der Waals surface area contributed by atoms with Crippen LogP contribution in [0.1, 0.15) is 16.1 Å². The van der Waals surface area contributed by atoms with Gasteiger partial charge in [0.1, 0.15) is 11.5 Å². The van der Waals surface area contributed by atoms with Crippen molar-refractivity contribution in [3.63, 3.8) is 0 Å². The van der Waals surface area contributed by atoms with Crippen molar-refractivity contribution in [3.8, 4) is 0 Å². The number of pyridine rings is 1. The number of piperazine rings is 1. The zero-order valence-corrected chi connectivity index (χ0v) is 13.5. The highest BCUT2D eigenvalue weighted by molar-refractivity contribution is 6.33. The number of nitrogens with zero attached hydrogens (tertiary/aromatic N) is 3. The lowest BCUT2D eigenvalue weighted by Crippen LogP contribution is -2.49. The number of hydrogen-bond acceptors (Lipinski definition) is 4. The summed E-state index contributed by atoms with van der Waals surface area (Å²) in [5.41, 5.74) is -1.22. The number of halogens is 4. The molecule has 3 rings (SSSR count). The summed E-state index contributed by atoms with van der Waals surface area (Å²) in [6.45, 7) is 1.37. The number of alkyl halides is 3. The number of carbonyl (C=O) groups excluding carboxylic acids is 1. The van der Waals surface area contributed by atoms with Crippen molar-refractivity contribution in [2.24, 2.45) is 0 Å². The number of imidazole rings is 1. The Labute approximate surface area is 144 Å². The first-order valence-electron chi connectivity index (χ1n) is 7.30. The lowest BCUT2D eigenvalue weighted by atomic mass is 10.2. The van der Waals surface area contributed by atoms with Crippen LogP contribution in [0.5, 0.6) is 0 Å². The molecule has 0 aliphatic carbocycles. The molecule has 0 aromatic carbocycles. The van der Waals surface area contributed by atoms with E-state index in [1.54, 1.807) is 4.90 Å². The van der Waals surface area contributed by atoms with Gasteiger partial charge in [-0.25, -0.2) is 9.78 Å². The highest BCUT2D eigenvalue weighted by atomic mass is 35.5. The maximum atomic E-state index is 12.7. The van der Waals surface area contributed by atoms with Gasteiger partial charge in [-0.1, -0.05) is 11.6 Å². The lowest BCUT2D eigenvalue weighted by molar-refractivity contribution is -0.137. The molecule has 0 spiro atoms. The minimum absolute atomic E-state index is 0.0930. The lowest BCUT2D eigenvalue weighted by Gasteiger charge is -2.35. The number of aromatic nitrogens is 3. The van der Waals surface area contributed by atoms with Gasteiger partial charge in [0.05, 0.1) is 10.6 Å². The fourth-order valence-corrected chi connectivity index (χ4v) is 2.84. The van der Waals surface area contributed by atoms with E-state index in [0.717, 1.165) is 12.3 Å². The van der Waals surface area contributed by atoms with Crippen molar-refractivity contribution in [1.82, 2.24) is 19.9 Å². The molecule has 1 saturated heterocycles. The van der Waals surface area contributed by atoms with Gasteiger partial charge in [-0.15, -0.1) is 0 Å². The summed E-state index contributed by atoms with van der Waals surface area (Å²) in [6, 6.07) is 0.839. The Morgan fingerprint density at radius 1 is 1.24 bits per heavy atom. The summed E-state index contributed by atoms with van der Waals surface area (Å²) < 4.78 is 38.0. The van der Waals surface area contributed by atoms with Crippen LogP contribution in [0.3, 0.4) is 0 Å². The summed E-state index contributed by atoms with van der Waals surface area (Å²) in [7, 11) is 0. The number of H-pyrrole nitrogens is 2. The minimum Gasteiger partial charge on any atom is -0.352 e. The normalized spacial score (nSPS) is 15.5.